The van der Waals surface area contributed by atoms with Gasteiger partial charge in [0.05, 0.1) is 39.9 Å². The van der Waals surface area contributed by atoms with E-state index in [0.717, 1.165) is 47.2 Å². The van der Waals surface area contributed by atoms with Crippen LogP contribution in [0.5, 0.6) is 0 Å². The maximum atomic E-state index is 9.87. The summed E-state index contributed by atoms with van der Waals surface area (Å²) >= 11 is 6.41. The molecule has 0 unspecified atom stereocenters. The van der Waals surface area contributed by atoms with Crippen LogP contribution in [0.2, 0.25) is 5.02 Å². The molecule has 0 spiro atoms. The molecule has 0 N–H and O–H groups in total. The molecule has 0 atom stereocenters. The lowest BCUT2D eigenvalue weighted by atomic mass is 9.65. The van der Waals surface area contributed by atoms with Gasteiger partial charge in [-0.25, -0.2) is 15.0 Å². The highest BCUT2D eigenvalue weighted by atomic mass is 35.5. The minimum absolute atomic E-state index is 0.384. The van der Waals surface area contributed by atoms with Gasteiger partial charge in [0.15, 0.2) is 11.5 Å². The van der Waals surface area contributed by atoms with Gasteiger partial charge in [-0.1, -0.05) is 41.9 Å². The minimum Gasteiger partial charge on any atom is -0.377 e. The molecule has 1 aliphatic rings. The van der Waals surface area contributed by atoms with Gasteiger partial charge in [0, 0.05) is 24.1 Å². The molecule has 40 heavy (non-hydrogen) atoms. The third-order valence-corrected chi connectivity index (χ3v) is 7.79. The number of fused-ring (bicyclic) bond motifs is 1. The van der Waals surface area contributed by atoms with Crippen LogP contribution in [0.25, 0.3) is 22.4 Å². The first-order valence-corrected chi connectivity index (χ1v) is 13.7. The molecule has 2 aromatic carbocycles. The number of benzene rings is 2. The summed E-state index contributed by atoms with van der Waals surface area (Å²) in [7, 11) is 0. The van der Waals surface area contributed by atoms with Crippen molar-refractivity contribution < 1.29 is 4.74 Å². The lowest BCUT2D eigenvalue weighted by molar-refractivity contribution is 0.134. The Hall–Kier alpha value is -4.38. The van der Waals surface area contributed by atoms with Gasteiger partial charge < -0.3 is 4.74 Å². The normalized spacial score (nSPS) is 13.9. The average molecular weight is 547 g/mol. The number of nitrogens with zero attached hydrogens (tertiary/aromatic N) is 6. The largest absolute Gasteiger partial charge is 0.377 e. The Balaban J connectivity index is 1.50. The van der Waals surface area contributed by atoms with Gasteiger partial charge in [-0.3, -0.25) is 9.88 Å². The molecule has 1 saturated carbocycles. The Morgan fingerprint density at radius 2 is 1.80 bits per heavy atom. The molecular weight excluding hydrogens is 520 g/mol. The van der Waals surface area contributed by atoms with Crippen molar-refractivity contribution in [1.29, 1.82) is 5.26 Å². The number of para-hydroxylation sites is 1. The van der Waals surface area contributed by atoms with E-state index in [9.17, 15) is 5.26 Å². The summed E-state index contributed by atoms with van der Waals surface area (Å²) in [6, 6.07) is 26.4. The lowest BCUT2D eigenvalue weighted by Gasteiger charge is -2.36. The third-order valence-electron chi connectivity index (χ3n) is 7.48. The second kappa shape index (κ2) is 11.0. The van der Waals surface area contributed by atoms with Gasteiger partial charge in [-0.2, -0.15) is 5.26 Å². The zero-order valence-electron chi connectivity index (χ0n) is 22.1. The summed E-state index contributed by atoms with van der Waals surface area (Å²) in [5, 5.41) is 11.2. The molecule has 1 aliphatic carbocycles. The van der Waals surface area contributed by atoms with Crippen LogP contribution in [-0.2, 0) is 16.8 Å². The number of ether oxygens (including phenoxy) is 1. The van der Waals surface area contributed by atoms with E-state index in [1.165, 1.54) is 6.33 Å². The SMILES string of the molecule is CCOCc1ccccc1N(c1ccc(C2(C#N)CCC2)cc1)c1ncnc2nc(-c3ncccc3Cl)ccc12. The van der Waals surface area contributed by atoms with Crippen LogP contribution in [0.3, 0.4) is 0 Å². The van der Waals surface area contributed by atoms with E-state index in [0.29, 0.717) is 41.1 Å². The second-order valence-corrected chi connectivity index (χ2v) is 10.2. The fourth-order valence-electron chi connectivity index (χ4n) is 5.18. The summed E-state index contributed by atoms with van der Waals surface area (Å²) in [5.41, 5.74) is 5.32. The van der Waals surface area contributed by atoms with Crippen LogP contribution in [0.4, 0.5) is 17.2 Å². The number of pyridine rings is 2. The van der Waals surface area contributed by atoms with E-state index in [2.05, 4.69) is 57.3 Å². The smallest absolute Gasteiger partial charge is 0.165 e. The fourth-order valence-corrected chi connectivity index (χ4v) is 5.40. The standard InChI is InChI=1S/C32H27ClN6O/c1-2-40-19-22-7-3-4-9-28(22)39(24-12-10-23(11-13-24)32(20-34)16-6-17-32)31-25-14-15-27(38-30(25)36-21-37-31)29-26(33)8-5-18-35-29/h3-5,7-15,18,21H,2,6,16-17,19H2,1H3. The van der Waals surface area contributed by atoms with Crippen LogP contribution in [-0.4, -0.2) is 26.5 Å². The molecule has 3 aromatic heterocycles. The Labute approximate surface area is 238 Å². The summed E-state index contributed by atoms with van der Waals surface area (Å²) in [5.74, 6) is 0.687. The van der Waals surface area contributed by atoms with Crippen molar-refractivity contribution in [2.75, 3.05) is 11.5 Å². The zero-order valence-corrected chi connectivity index (χ0v) is 22.8. The minimum atomic E-state index is -0.384. The molecule has 0 bridgehead atoms. The van der Waals surface area contributed by atoms with E-state index in [1.807, 2.05) is 31.2 Å². The van der Waals surface area contributed by atoms with E-state index in [4.69, 9.17) is 26.3 Å². The first-order chi connectivity index (χ1) is 19.6. The van der Waals surface area contributed by atoms with E-state index in [1.54, 1.807) is 18.3 Å². The number of nitriles is 1. The quantitative estimate of drug-likeness (QED) is 0.197. The van der Waals surface area contributed by atoms with Gasteiger partial charge in [-0.05, 0) is 74.2 Å². The zero-order chi connectivity index (χ0) is 27.5. The molecule has 1 fully saturated rings. The predicted octanol–water partition coefficient (Wildman–Crippen LogP) is 7.69. The predicted molar refractivity (Wildman–Crippen MR) is 157 cm³/mol. The van der Waals surface area contributed by atoms with Crippen molar-refractivity contribution in [2.45, 2.75) is 38.2 Å². The van der Waals surface area contributed by atoms with Crippen molar-refractivity contribution in [2.24, 2.45) is 0 Å². The Bertz CT molecular complexity index is 1710. The molecule has 3 heterocycles. The van der Waals surface area contributed by atoms with E-state index < -0.39 is 0 Å². The molecular formula is C32H27ClN6O. The van der Waals surface area contributed by atoms with Crippen molar-refractivity contribution >= 4 is 39.8 Å². The van der Waals surface area contributed by atoms with Crippen LogP contribution < -0.4 is 4.90 Å². The Morgan fingerprint density at radius 3 is 2.52 bits per heavy atom. The first kappa shape index (κ1) is 25.9. The summed E-state index contributed by atoms with van der Waals surface area (Å²) in [4.78, 5) is 20.6. The Morgan fingerprint density at radius 1 is 0.975 bits per heavy atom. The summed E-state index contributed by atoms with van der Waals surface area (Å²) in [6.07, 6.45) is 6.10. The average Bonchev–Trinajstić information content (AvgIpc) is 2.97. The number of anilines is 3. The molecule has 6 rings (SSSR count). The molecule has 198 valence electrons. The maximum absolute atomic E-state index is 9.87. The second-order valence-electron chi connectivity index (χ2n) is 9.79. The molecule has 7 nitrogen and oxygen atoms in total. The Kier molecular flexibility index (Phi) is 7.12. The van der Waals surface area contributed by atoms with Gasteiger partial charge in [0.25, 0.3) is 0 Å². The molecule has 5 aromatic rings. The highest BCUT2D eigenvalue weighted by molar-refractivity contribution is 6.32. The van der Waals surface area contributed by atoms with Crippen LogP contribution in [0, 0.1) is 11.3 Å². The summed E-state index contributed by atoms with van der Waals surface area (Å²) in [6.45, 7) is 3.06. The van der Waals surface area contributed by atoms with E-state index >= 15 is 0 Å². The van der Waals surface area contributed by atoms with Crippen LogP contribution >= 0.6 is 11.6 Å². The number of halogens is 1. The van der Waals surface area contributed by atoms with Gasteiger partial charge in [0.2, 0.25) is 0 Å². The van der Waals surface area contributed by atoms with Crippen molar-refractivity contribution in [3.05, 3.63) is 101 Å². The van der Waals surface area contributed by atoms with Crippen LogP contribution in [0.15, 0.2) is 85.3 Å². The van der Waals surface area contributed by atoms with E-state index in [-0.39, 0.29) is 5.41 Å². The molecule has 0 amide bonds. The molecule has 0 aliphatic heterocycles. The monoisotopic (exact) mass is 546 g/mol. The highest BCUT2D eigenvalue weighted by Crippen LogP contribution is 2.45. The molecule has 0 radical (unpaired) electrons. The maximum Gasteiger partial charge on any atom is 0.165 e. The number of rotatable bonds is 8. The first-order valence-electron chi connectivity index (χ1n) is 13.3. The molecule has 8 heteroatoms. The van der Waals surface area contributed by atoms with Gasteiger partial charge in [-0.15, -0.1) is 0 Å². The van der Waals surface area contributed by atoms with Crippen molar-refractivity contribution in [1.82, 2.24) is 19.9 Å². The lowest BCUT2D eigenvalue weighted by Crippen LogP contribution is -2.32. The van der Waals surface area contributed by atoms with Crippen LogP contribution in [0.1, 0.15) is 37.3 Å². The fraction of sp³-hybridized carbons (Fsp3) is 0.219. The third kappa shape index (κ3) is 4.66. The number of aromatic nitrogens is 4. The number of hydrogen-bond donors (Lipinski definition) is 0. The topological polar surface area (TPSA) is 87.8 Å². The van der Waals surface area contributed by atoms with Crippen molar-refractivity contribution in [3.8, 4) is 17.5 Å². The van der Waals surface area contributed by atoms with Crippen molar-refractivity contribution in [3.63, 3.8) is 0 Å². The number of hydrogen-bond acceptors (Lipinski definition) is 7. The summed E-state index contributed by atoms with van der Waals surface area (Å²) < 4.78 is 5.82. The van der Waals surface area contributed by atoms with Gasteiger partial charge in [0.1, 0.15) is 12.0 Å². The highest BCUT2D eigenvalue weighted by Gasteiger charge is 2.39. The van der Waals surface area contributed by atoms with Gasteiger partial charge >= 0.3 is 0 Å². The molecule has 0 saturated heterocycles.